The molecule has 10 heteroatoms. The number of hydrogen-bond acceptors (Lipinski definition) is 3. The van der Waals surface area contributed by atoms with Gasteiger partial charge >= 0.3 is 12.4 Å². The van der Waals surface area contributed by atoms with E-state index in [2.05, 4.69) is 15.2 Å². The van der Waals surface area contributed by atoms with Crippen LogP contribution in [0.3, 0.4) is 0 Å². The normalized spacial score (nSPS) is 16.4. The summed E-state index contributed by atoms with van der Waals surface area (Å²) in [6.07, 6.45) is -2.99. The van der Waals surface area contributed by atoms with Crippen molar-refractivity contribution in [3.05, 3.63) is 76.9 Å². The van der Waals surface area contributed by atoms with Crippen molar-refractivity contribution < 1.29 is 31.1 Å². The van der Waals surface area contributed by atoms with Gasteiger partial charge in [0.25, 0.3) is 0 Å². The Hall–Kier alpha value is -3.04. The minimum absolute atomic E-state index is 0.116. The van der Waals surface area contributed by atoms with Gasteiger partial charge in [0.05, 0.1) is 11.1 Å². The molecule has 1 saturated carbocycles. The van der Waals surface area contributed by atoms with Crippen molar-refractivity contribution in [3.63, 3.8) is 0 Å². The standard InChI is InChI=1S/C24H23F6N3O/c25-23(26,27)17-10-16(11-18(12-17)24(28,29)30)14-34-20-7-3-2-6-19(20)22(8-4-1-5-9-22)13-21-31-15-32-33-21/h2-3,6-7,10-12,15H,1,4-5,8-9,13-14H2,(H,31,32,33). The van der Waals surface area contributed by atoms with Crippen molar-refractivity contribution in [2.75, 3.05) is 0 Å². The van der Waals surface area contributed by atoms with E-state index >= 15 is 0 Å². The quantitative estimate of drug-likeness (QED) is 0.390. The summed E-state index contributed by atoms with van der Waals surface area (Å²) in [4.78, 5) is 4.25. The van der Waals surface area contributed by atoms with Gasteiger partial charge in [-0.2, -0.15) is 31.4 Å². The highest BCUT2D eigenvalue weighted by molar-refractivity contribution is 5.41. The number of nitrogens with one attached hydrogen (secondary N) is 1. The first-order chi connectivity index (χ1) is 16.1. The molecule has 0 saturated heterocycles. The number of alkyl halides is 6. The van der Waals surface area contributed by atoms with Gasteiger partial charge in [0, 0.05) is 17.4 Å². The zero-order chi connectivity index (χ0) is 24.4. The maximum atomic E-state index is 13.2. The molecular formula is C24H23F6N3O. The number of aromatic nitrogens is 3. The van der Waals surface area contributed by atoms with E-state index in [1.165, 1.54) is 6.33 Å². The molecule has 4 rings (SSSR count). The van der Waals surface area contributed by atoms with Crippen molar-refractivity contribution in [2.24, 2.45) is 0 Å². The highest BCUT2D eigenvalue weighted by atomic mass is 19.4. The second kappa shape index (κ2) is 9.31. The number of rotatable bonds is 6. The third-order valence-electron chi connectivity index (χ3n) is 6.27. The molecule has 1 heterocycles. The molecule has 0 aliphatic heterocycles. The molecule has 4 nitrogen and oxygen atoms in total. The number of benzene rings is 2. The first kappa shape index (κ1) is 24.1. The smallest absolute Gasteiger partial charge is 0.416 e. The van der Waals surface area contributed by atoms with Gasteiger partial charge in [-0.15, -0.1) is 0 Å². The Morgan fingerprint density at radius 2 is 1.53 bits per heavy atom. The average molecular weight is 483 g/mol. The molecule has 1 aromatic heterocycles. The van der Waals surface area contributed by atoms with Gasteiger partial charge in [-0.3, -0.25) is 5.10 Å². The third kappa shape index (κ3) is 5.37. The molecule has 0 atom stereocenters. The monoisotopic (exact) mass is 483 g/mol. The average Bonchev–Trinajstić information content (AvgIpc) is 3.30. The van der Waals surface area contributed by atoms with E-state index in [9.17, 15) is 26.3 Å². The first-order valence-corrected chi connectivity index (χ1v) is 10.9. The van der Waals surface area contributed by atoms with Gasteiger partial charge in [-0.05, 0) is 42.7 Å². The van der Waals surface area contributed by atoms with Crippen LogP contribution in [0.2, 0.25) is 0 Å². The lowest BCUT2D eigenvalue weighted by Gasteiger charge is -2.38. The van der Waals surface area contributed by atoms with Crippen molar-refractivity contribution in [2.45, 2.75) is 62.9 Å². The minimum atomic E-state index is -4.91. The number of hydrogen-bond donors (Lipinski definition) is 1. The number of para-hydroxylation sites is 1. The highest BCUT2D eigenvalue weighted by Crippen LogP contribution is 2.45. The molecule has 0 radical (unpaired) electrons. The van der Waals surface area contributed by atoms with Crippen LogP contribution in [0.25, 0.3) is 0 Å². The van der Waals surface area contributed by atoms with Gasteiger partial charge in [-0.25, -0.2) is 4.98 Å². The van der Waals surface area contributed by atoms with Gasteiger partial charge in [0.1, 0.15) is 18.7 Å². The van der Waals surface area contributed by atoms with E-state index in [0.29, 0.717) is 30.1 Å². The summed E-state index contributed by atoms with van der Waals surface area (Å²) in [6.45, 7) is -0.430. The number of aromatic amines is 1. The summed E-state index contributed by atoms with van der Waals surface area (Å²) in [7, 11) is 0. The molecule has 0 unspecified atom stereocenters. The molecule has 1 fully saturated rings. The lowest BCUT2D eigenvalue weighted by atomic mass is 9.67. The summed E-state index contributed by atoms with van der Waals surface area (Å²) in [5, 5.41) is 6.89. The maximum Gasteiger partial charge on any atom is 0.416 e. The fourth-order valence-electron chi connectivity index (χ4n) is 4.69. The molecule has 1 N–H and O–H groups in total. The van der Waals surface area contributed by atoms with Crippen LogP contribution in [0.15, 0.2) is 48.8 Å². The van der Waals surface area contributed by atoms with Gasteiger partial charge in [-0.1, -0.05) is 37.5 Å². The third-order valence-corrected chi connectivity index (χ3v) is 6.27. The molecule has 1 aliphatic carbocycles. The number of ether oxygens (including phenoxy) is 1. The van der Waals surface area contributed by atoms with Crippen LogP contribution >= 0.6 is 0 Å². The molecule has 0 spiro atoms. The number of halogens is 6. The Kier molecular flexibility index (Phi) is 6.60. The van der Waals surface area contributed by atoms with Crippen LogP contribution in [0.5, 0.6) is 5.75 Å². The second-order valence-electron chi connectivity index (χ2n) is 8.63. The van der Waals surface area contributed by atoms with Crippen LogP contribution in [-0.4, -0.2) is 15.2 Å². The predicted molar refractivity (Wildman–Crippen MR) is 112 cm³/mol. The van der Waals surface area contributed by atoms with Crippen LogP contribution in [0.4, 0.5) is 26.3 Å². The summed E-state index contributed by atoms with van der Waals surface area (Å²) in [5.41, 5.74) is -2.39. The van der Waals surface area contributed by atoms with Gasteiger partial charge < -0.3 is 4.74 Å². The largest absolute Gasteiger partial charge is 0.489 e. The number of H-pyrrole nitrogens is 1. The topological polar surface area (TPSA) is 50.8 Å². The molecule has 0 bridgehead atoms. The van der Waals surface area contributed by atoms with E-state index in [-0.39, 0.29) is 17.0 Å². The van der Waals surface area contributed by atoms with Gasteiger partial charge in [0.2, 0.25) is 0 Å². The summed E-state index contributed by atoms with van der Waals surface area (Å²) >= 11 is 0. The van der Waals surface area contributed by atoms with Crippen LogP contribution in [0, 0.1) is 0 Å². The van der Waals surface area contributed by atoms with E-state index < -0.39 is 30.1 Å². The summed E-state index contributed by atoms with van der Waals surface area (Å²) in [6, 6.07) is 8.69. The van der Waals surface area contributed by atoms with Crippen LogP contribution in [0.1, 0.15) is 60.2 Å². The Balaban J connectivity index is 1.65. The fourth-order valence-corrected chi connectivity index (χ4v) is 4.69. The van der Waals surface area contributed by atoms with E-state index in [1.54, 1.807) is 12.1 Å². The molecular weight excluding hydrogens is 460 g/mol. The second-order valence-corrected chi connectivity index (χ2v) is 8.63. The molecule has 1 aliphatic rings. The Morgan fingerprint density at radius 1 is 0.882 bits per heavy atom. The summed E-state index contributed by atoms with van der Waals surface area (Å²) in [5.74, 6) is 1.08. The van der Waals surface area contributed by atoms with Crippen molar-refractivity contribution in [3.8, 4) is 5.75 Å². The fraction of sp³-hybridized carbons (Fsp3) is 0.417. The molecule has 182 valence electrons. The van der Waals surface area contributed by atoms with Gasteiger partial charge in [0.15, 0.2) is 5.82 Å². The van der Waals surface area contributed by atoms with Crippen molar-refractivity contribution in [1.29, 1.82) is 0 Å². The lowest BCUT2D eigenvalue weighted by Crippen LogP contribution is -2.32. The highest BCUT2D eigenvalue weighted by Gasteiger charge is 2.38. The zero-order valence-corrected chi connectivity index (χ0v) is 18.1. The van der Waals surface area contributed by atoms with Crippen molar-refractivity contribution in [1.82, 2.24) is 15.2 Å². The predicted octanol–water partition coefficient (Wildman–Crippen LogP) is 6.87. The zero-order valence-electron chi connectivity index (χ0n) is 18.1. The first-order valence-electron chi connectivity index (χ1n) is 10.9. The molecule has 34 heavy (non-hydrogen) atoms. The number of nitrogens with zero attached hydrogens (tertiary/aromatic N) is 2. The maximum absolute atomic E-state index is 13.2. The Labute approximate surface area is 192 Å². The Morgan fingerprint density at radius 3 is 2.12 bits per heavy atom. The van der Waals surface area contributed by atoms with Crippen molar-refractivity contribution >= 4 is 0 Å². The molecule has 3 aromatic rings. The molecule has 2 aromatic carbocycles. The Bertz CT molecular complexity index is 1070. The van der Waals surface area contributed by atoms with E-state index in [0.717, 1.165) is 37.7 Å². The van der Waals surface area contributed by atoms with Crippen LogP contribution in [-0.2, 0) is 30.8 Å². The van der Waals surface area contributed by atoms with Crippen LogP contribution < -0.4 is 4.74 Å². The summed E-state index contributed by atoms with van der Waals surface area (Å²) < 4.78 is 85.2. The SMILES string of the molecule is FC(F)(F)c1cc(COc2ccccc2C2(Cc3nc[nH]n3)CCCCC2)cc(C(F)(F)F)c1. The minimum Gasteiger partial charge on any atom is -0.489 e. The van der Waals surface area contributed by atoms with E-state index in [4.69, 9.17) is 4.74 Å². The lowest BCUT2D eigenvalue weighted by molar-refractivity contribution is -0.143. The molecule has 0 amide bonds. The van der Waals surface area contributed by atoms with E-state index in [1.807, 2.05) is 12.1 Å².